The molecule has 0 heterocycles. The van der Waals surface area contributed by atoms with Gasteiger partial charge in [0.25, 0.3) is 0 Å². The van der Waals surface area contributed by atoms with Gasteiger partial charge < -0.3 is 10.2 Å². The number of benzene rings is 2. The molecule has 8 heteroatoms. The van der Waals surface area contributed by atoms with Gasteiger partial charge >= 0.3 is 0 Å². The number of carbonyl (C=O) groups excluding carboxylic acids is 2. The highest BCUT2D eigenvalue weighted by molar-refractivity contribution is 7.92. The van der Waals surface area contributed by atoms with Gasteiger partial charge in [-0.25, -0.2) is 8.42 Å². The zero-order valence-corrected chi connectivity index (χ0v) is 22.7. The van der Waals surface area contributed by atoms with Gasteiger partial charge in [-0.3, -0.25) is 13.9 Å². The SMILES string of the molecule is CC[C@H](C(=O)NC(C)C)N(Cc1ccc(C)cc1)C(=O)CN(c1ccccc1C(C)C)S(C)(=O)=O. The van der Waals surface area contributed by atoms with Crippen LogP contribution in [0.1, 0.15) is 63.6 Å². The quantitative estimate of drug-likeness (QED) is 0.500. The van der Waals surface area contributed by atoms with Crippen molar-refractivity contribution in [2.75, 3.05) is 17.1 Å². The zero-order chi connectivity index (χ0) is 26.3. The molecule has 0 bridgehead atoms. The highest BCUT2D eigenvalue weighted by Gasteiger charge is 2.32. The maximum Gasteiger partial charge on any atom is 0.244 e. The molecule has 0 aliphatic rings. The first-order chi connectivity index (χ1) is 16.3. The van der Waals surface area contributed by atoms with Crippen molar-refractivity contribution in [3.8, 4) is 0 Å². The first-order valence-electron chi connectivity index (χ1n) is 12.1. The van der Waals surface area contributed by atoms with Crippen molar-refractivity contribution in [2.45, 2.75) is 72.5 Å². The summed E-state index contributed by atoms with van der Waals surface area (Å²) in [5.74, 6) is -0.619. The molecule has 0 fully saturated rings. The third-order valence-corrected chi connectivity index (χ3v) is 6.92. The molecule has 1 atom stereocenters. The molecule has 0 aliphatic heterocycles. The number of rotatable bonds is 11. The summed E-state index contributed by atoms with van der Waals surface area (Å²) in [6, 6.07) is 14.1. The van der Waals surface area contributed by atoms with Crippen molar-refractivity contribution >= 4 is 27.5 Å². The van der Waals surface area contributed by atoms with Crippen molar-refractivity contribution in [2.24, 2.45) is 0 Å². The van der Waals surface area contributed by atoms with Gasteiger partial charge in [-0.05, 0) is 50.3 Å². The van der Waals surface area contributed by atoms with E-state index in [9.17, 15) is 18.0 Å². The Hall–Kier alpha value is -2.87. The second kappa shape index (κ2) is 12.2. The Kier molecular flexibility index (Phi) is 9.89. The second-order valence-electron chi connectivity index (χ2n) is 9.58. The Labute approximate surface area is 210 Å². The molecule has 2 amide bonds. The van der Waals surface area contributed by atoms with Crippen LogP contribution in [0, 0.1) is 6.92 Å². The minimum absolute atomic E-state index is 0.0643. The summed E-state index contributed by atoms with van der Waals surface area (Å²) in [6.45, 7) is 11.3. The van der Waals surface area contributed by atoms with E-state index in [1.54, 1.807) is 12.1 Å². The lowest BCUT2D eigenvalue weighted by atomic mass is 10.0. The molecule has 0 aromatic heterocycles. The van der Waals surface area contributed by atoms with Gasteiger partial charge in [-0.15, -0.1) is 0 Å². The van der Waals surface area contributed by atoms with Gasteiger partial charge in [0.05, 0.1) is 11.9 Å². The molecule has 192 valence electrons. The fourth-order valence-electron chi connectivity index (χ4n) is 3.99. The van der Waals surface area contributed by atoms with Gasteiger partial charge in [-0.2, -0.15) is 0 Å². The van der Waals surface area contributed by atoms with Gasteiger partial charge in [-0.1, -0.05) is 68.8 Å². The van der Waals surface area contributed by atoms with Crippen molar-refractivity contribution in [1.29, 1.82) is 0 Å². The smallest absolute Gasteiger partial charge is 0.244 e. The minimum Gasteiger partial charge on any atom is -0.352 e. The van der Waals surface area contributed by atoms with E-state index >= 15 is 0 Å². The van der Waals surface area contributed by atoms with E-state index in [0.717, 1.165) is 27.3 Å². The van der Waals surface area contributed by atoms with Crippen LogP contribution in [0.25, 0.3) is 0 Å². The fourth-order valence-corrected chi connectivity index (χ4v) is 4.86. The Morgan fingerprint density at radius 1 is 0.971 bits per heavy atom. The van der Waals surface area contributed by atoms with Crippen LogP contribution in [-0.4, -0.2) is 50.0 Å². The van der Waals surface area contributed by atoms with Gasteiger partial charge in [0.2, 0.25) is 21.8 Å². The molecule has 0 saturated heterocycles. The van der Waals surface area contributed by atoms with E-state index in [2.05, 4.69) is 5.32 Å². The van der Waals surface area contributed by atoms with E-state index in [-0.39, 0.29) is 31.0 Å². The van der Waals surface area contributed by atoms with Gasteiger partial charge in [0.15, 0.2) is 0 Å². The predicted molar refractivity (Wildman–Crippen MR) is 142 cm³/mol. The van der Waals surface area contributed by atoms with Crippen molar-refractivity contribution < 1.29 is 18.0 Å². The summed E-state index contributed by atoms with van der Waals surface area (Å²) in [7, 11) is -3.77. The molecule has 2 aromatic carbocycles. The molecular formula is C27H39N3O4S. The van der Waals surface area contributed by atoms with Gasteiger partial charge in [0, 0.05) is 12.6 Å². The van der Waals surface area contributed by atoms with Gasteiger partial charge in [0.1, 0.15) is 12.6 Å². The molecular weight excluding hydrogens is 462 g/mol. The first-order valence-corrected chi connectivity index (χ1v) is 13.9. The average Bonchev–Trinajstić information content (AvgIpc) is 2.77. The number of amides is 2. The Bertz CT molecular complexity index is 1110. The largest absolute Gasteiger partial charge is 0.352 e. The van der Waals surface area contributed by atoms with E-state index in [1.165, 1.54) is 4.90 Å². The Morgan fingerprint density at radius 3 is 2.09 bits per heavy atom. The molecule has 2 aromatic rings. The maximum absolute atomic E-state index is 13.8. The maximum atomic E-state index is 13.8. The Balaban J connectivity index is 2.50. The molecule has 0 unspecified atom stereocenters. The molecule has 7 nitrogen and oxygen atoms in total. The molecule has 1 N–H and O–H groups in total. The van der Waals surface area contributed by atoms with Crippen LogP contribution >= 0.6 is 0 Å². The highest BCUT2D eigenvalue weighted by atomic mass is 32.2. The van der Waals surface area contributed by atoms with Crippen LogP contribution in [0.5, 0.6) is 0 Å². The van der Waals surface area contributed by atoms with E-state index in [1.807, 2.05) is 77.9 Å². The topological polar surface area (TPSA) is 86.8 Å². The summed E-state index contributed by atoms with van der Waals surface area (Å²) in [5.41, 5.74) is 3.27. The number of anilines is 1. The number of hydrogen-bond acceptors (Lipinski definition) is 4. The summed E-state index contributed by atoms with van der Waals surface area (Å²) in [6.07, 6.45) is 1.50. The highest BCUT2D eigenvalue weighted by Crippen LogP contribution is 2.29. The fraction of sp³-hybridized carbons (Fsp3) is 0.481. The van der Waals surface area contributed by atoms with Crippen molar-refractivity contribution in [1.82, 2.24) is 10.2 Å². The number of aryl methyl sites for hydroxylation is 1. The van der Waals surface area contributed by atoms with Crippen LogP contribution in [-0.2, 0) is 26.2 Å². The summed E-state index contributed by atoms with van der Waals surface area (Å²) in [5, 5.41) is 2.90. The lowest BCUT2D eigenvalue weighted by Gasteiger charge is -2.33. The number of nitrogens with one attached hydrogen (secondary N) is 1. The van der Waals surface area contributed by atoms with E-state index in [0.29, 0.717) is 12.1 Å². The van der Waals surface area contributed by atoms with Crippen LogP contribution < -0.4 is 9.62 Å². The zero-order valence-electron chi connectivity index (χ0n) is 21.9. The summed E-state index contributed by atoms with van der Waals surface area (Å²) < 4.78 is 26.9. The number of hydrogen-bond donors (Lipinski definition) is 1. The van der Waals surface area contributed by atoms with E-state index < -0.39 is 22.0 Å². The molecule has 0 saturated carbocycles. The number of nitrogens with zero attached hydrogens (tertiary/aromatic N) is 2. The number of sulfonamides is 1. The molecule has 35 heavy (non-hydrogen) atoms. The third-order valence-electron chi connectivity index (χ3n) is 5.80. The van der Waals surface area contributed by atoms with Crippen molar-refractivity contribution in [3.63, 3.8) is 0 Å². The van der Waals surface area contributed by atoms with Crippen LogP contribution in [0.2, 0.25) is 0 Å². The predicted octanol–water partition coefficient (Wildman–Crippen LogP) is 4.22. The van der Waals surface area contributed by atoms with Crippen LogP contribution in [0.15, 0.2) is 48.5 Å². The van der Waals surface area contributed by atoms with Crippen molar-refractivity contribution in [3.05, 3.63) is 65.2 Å². The minimum atomic E-state index is -3.77. The lowest BCUT2D eigenvalue weighted by molar-refractivity contribution is -0.140. The van der Waals surface area contributed by atoms with Crippen LogP contribution in [0.4, 0.5) is 5.69 Å². The summed E-state index contributed by atoms with van der Waals surface area (Å²) in [4.78, 5) is 28.3. The molecule has 0 radical (unpaired) electrons. The van der Waals surface area contributed by atoms with E-state index in [4.69, 9.17) is 0 Å². The summed E-state index contributed by atoms with van der Waals surface area (Å²) >= 11 is 0. The monoisotopic (exact) mass is 501 g/mol. The lowest BCUT2D eigenvalue weighted by Crippen LogP contribution is -2.53. The molecule has 0 spiro atoms. The Morgan fingerprint density at radius 2 is 1.57 bits per heavy atom. The standard InChI is InChI=1S/C27H39N3O4S/c1-8-24(27(32)28-20(4)5)29(17-22-15-13-21(6)14-16-22)26(31)18-30(35(7,33)34)25-12-10-9-11-23(25)19(2)3/h9-16,19-20,24H,8,17-18H2,1-7H3,(H,28,32)/t24-/m1/s1. The first kappa shape index (κ1) is 28.4. The third kappa shape index (κ3) is 7.82. The van der Waals surface area contributed by atoms with Crippen LogP contribution in [0.3, 0.4) is 0 Å². The normalized spacial score (nSPS) is 12.5. The molecule has 2 rings (SSSR count). The number of carbonyl (C=O) groups is 2. The number of para-hydroxylation sites is 1. The molecule has 0 aliphatic carbocycles. The second-order valence-corrected chi connectivity index (χ2v) is 11.5. The average molecular weight is 502 g/mol.